The van der Waals surface area contributed by atoms with E-state index in [-0.39, 0.29) is 28.3 Å². The van der Waals surface area contributed by atoms with Gasteiger partial charge in [-0.05, 0) is 12.1 Å². The second kappa shape index (κ2) is 5.21. The fourth-order valence-electron chi connectivity index (χ4n) is 0.966. The van der Waals surface area contributed by atoms with Crippen molar-refractivity contribution in [3.63, 3.8) is 0 Å². The van der Waals surface area contributed by atoms with Crippen molar-refractivity contribution in [1.29, 1.82) is 0 Å². The minimum absolute atomic E-state index is 0.0594. The van der Waals surface area contributed by atoms with Crippen molar-refractivity contribution in [3.05, 3.63) is 22.2 Å². The van der Waals surface area contributed by atoms with Crippen LogP contribution >= 0.6 is 23.2 Å². The van der Waals surface area contributed by atoms with Crippen LogP contribution in [0.25, 0.3) is 0 Å². The zero-order valence-corrected chi connectivity index (χ0v) is 9.39. The van der Waals surface area contributed by atoms with Gasteiger partial charge in [-0.3, -0.25) is 4.79 Å². The number of halogens is 2. The highest BCUT2D eigenvalue weighted by Gasteiger charge is 2.08. The van der Waals surface area contributed by atoms with Gasteiger partial charge in [-0.2, -0.15) is 0 Å². The van der Waals surface area contributed by atoms with Crippen LogP contribution in [0.1, 0.15) is 0 Å². The van der Waals surface area contributed by atoms with E-state index in [1.54, 1.807) is 0 Å². The Hall–Kier alpha value is -0.970. The summed E-state index contributed by atoms with van der Waals surface area (Å²) in [6.45, 7) is -0.0594. The second-order valence-corrected chi connectivity index (χ2v) is 3.58. The first-order valence-corrected chi connectivity index (χ1v) is 4.77. The smallest absolute Gasteiger partial charge is 0.250 e. The summed E-state index contributed by atoms with van der Waals surface area (Å²) in [7, 11) is 1.41. The lowest BCUT2D eigenvalue weighted by Crippen LogP contribution is -2.16. The lowest BCUT2D eigenvalue weighted by Gasteiger charge is -2.07. The number of phenolic OH excluding ortho intramolecular Hbond substituents is 1. The van der Waals surface area contributed by atoms with E-state index in [0.717, 1.165) is 0 Å². The zero-order valence-electron chi connectivity index (χ0n) is 7.88. The molecule has 0 aliphatic rings. The van der Waals surface area contributed by atoms with Gasteiger partial charge in [0, 0.05) is 12.8 Å². The standard InChI is InChI=1S/C9H9Cl2NO3/c1-15-4-8(13)12-5-2-6(10)9(14)7(11)3-5/h2-3,14H,4H2,1H3,(H,12,13). The first-order chi connectivity index (χ1) is 7.04. The molecule has 0 unspecified atom stereocenters. The quantitative estimate of drug-likeness (QED) is 0.809. The van der Waals surface area contributed by atoms with Gasteiger partial charge in [0.25, 0.3) is 0 Å². The Morgan fingerprint density at radius 3 is 2.47 bits per heavy atom. The average Bonchev–Trinajstić information content (AvgIpc) is 2.14. The van der Waals surface area contributed by atoms with Gasteiger partial charge >= 0.3 is 0 Å². The van der Waals surface area contributed by atoms with Gasteiger partial charge in [-0.1, -0.05) is 23.2 Å². The number of anilines is 1. The Morgan fingerprint density at radius 1 is 1.47 bits per heavy atom. The molecule has 1 aromatic carbocycles. The molecule has 0 aliphatic carbocycles. The highest BCUT2D eigenvalue weighted by atomic mass is 35.5. The van der Waals surface area contributed by atoms with Gasteiger partial charge in [0.1, 0.15) is 6.61 Å². The Balaban J connectivity index is 2.83. The van der Waals surface area contributed by atoms with Crippen LogP contribution in [-0.4, -0.2) is 24.7 Å². The number of rotatable bonds is 3. The van der Waals surface area contributed by atoms with Gasteiger partial charge in [0.05, 0.1) is 10.0 Å². The summed E-state index contributed by atoms with van der Waals surface area (Å²) in [6.07, 6.45) is 0. The molecule has 0 heterocycles. The summed E-state index contributed by atoms with van der Waals surface area (Å²) in [4.78, 5) is 11.1. The summed E-state index contributed by atoms with van der Waals surface area (Å²) in [5.41, 5.74) is 0.407. The van der Waals surface area contributed by atoms with Crippen molar-refractivity contribution in [2.45, 2.75) is 0 Å². The summed E-state index contributed by atoms with van der Waals surface area (Å²) >= 11 is 11.3. The fourth-order valence-corrected chi connectivity index (χ4v) is 1.45. The van der Waals surface area contributed by atoms with E-state index >= 15 is 0 Å². The lowest BCUT2D eigenvalue weighted by molar-refractivity contribution is -0.119. The molecule has 0 aromatic heterocycles. The number of phenols is 1. The summed E-state index contributed by atoms with van der Waals surface area (Å²) in [5.74, 6) is -0.529. The molecule has 6 heteroatoms. The molecule has 0 radical (unpaired) electrons. The van der Waals surface area contributed by atoms with E-state index in [0.29, 0.717) is 5.69 Å². The van der Waals surface area contributed by atoms with Crippen molar-refractivity contribution in [1.82, 2.24) is 0 Å². The number of methoxy groups -OCH3 is 1. The van der Waals surface area contributed by atoms with Crippen LogP contribution in [0, 0.1) is 0 Å². The van der Waals surface area contributed by atoms with Crippen LogP contribution < -0.4 is 5.32 Å². The number of benzene rings is 1. The lowest BCUT2D eigenvalue weighted by atomic mass is 10.3. The van der Waals surface area contributed by atoms with Crippen molar-refractivity contribution in [3.8, 4) is 5.75 Å². The molecule has 0 fully saturated rings. The minimum atomic E-state index is -0.324. The zero-order chi connectivity index (χ0) is 11.4. The predicted octanol–water partition coefficient (Wildman–Crippen LogP) is 2.28. The van der Waals surface area contributed by atoms with Crippen LogP contribution in [0.15, 0.2) is 12.1 Å². The van der Waals surface area contributed by atoms with Crippen LogP contribution in [0.2, 0.25) is 10.0 Å². The molecular formula is C9H9Cl2NO3. The van der Waals surface area contributed by atoms with Crippen LogP contribution in [0.4, 0.5) is 5.69 Å². The number of carbonyl (C=O) groups is 1. The molecule has 1 amide bonds. The number of amides is 1. The molecule has 1 aromatic rings. The van der Waals surface area contributed by atoms with Gasteiger partial charge in [-0.25, -0.2) is 0 Å². The first kappa shape index (κ1) is 12.1. The van der Waals surface area contributed by atoms with E-state index < -0.39 is 0 Å². The van der Waals surface area contributed by atoms with Gasteiger partial charge in [-0.15, -0.1) is 0 Å². The molecule has 4 nitrogen and oxygen atoms in total. The Bertz CT molecular complexity index is 359. The molecular weight excluding hydrogens is 241 g/mol. The van der Waals surface area contributed by atoms with E-state index in [4.69, 9.17) is 23.2 Å². The molecule has 0 saturated carbocycles. The number of nitrogens with one attached hydrogen (secondary N) is 1. The van der Waals surface area contributed by atoms with Gasteiger partial charge < -0.3 is 15.2 Å². The van der Waals surface area contributed by atoms with Gasteiger partial charge in [0.15, 0.2) is 5.75 Å². The number of hydrogen-bond acceptors (Lipinski definition) is 3. The Labute approximate surface area is 96.8 Å². The SMILES string of the molecule is COCC(=O)Nc1cc(Cl)c(O)c(Cl)c1. The molecule has 2 N–H and O–H groups in total. The summed E-state index contributed by atoms with van der Waals surface area (Å²) < 4.78 is 4.63. The van der Waals surface area contributed by atoms with Crippen molar-refractivity contribution >= 4 is 34.8 Å². The van der Waals surface area contributed by atoms with Crippen molar-refractivity contribution in [2.75, 3.05) is 19.0 Å². The molecule has 82 valence electrons. The maximum Gasteiger partial charge on any atom is 0.250 e. The Morgan fingerprint density at radius 2 is 2.00 bits per heavy atom. The molecule has 0 bridgehead atoms. The van der Waals surface area contributed by atoms with E-state index in [9.17, 15) is 9.90 Å². The number of carbonyl (C=O) groups excluding carboxylic acids is 1. The highest BCUT2D eigenvalue weighted by Crippen LogP contribution is 2.34. The molecule has 0 atom stereocenters. The summed E-state index contributed by atoms with van der Waals surface area (Å²) in [6, 6.07) is 2.80. The second-order valence-electron chi connectivity index (χ2n) is 2.77. The molecule has 0 saturated heterocycles. The third-order valence-corrected chi connectivity index (χ3v) is 2.15. The van der Waals surface area contributed by atoms with E-state index in [1.165, 1.54) is 19.2 Å². The number of aromatic hydroxyl groups is 1. The predicted molar refractivity (Wildman–Crippen MR) is 58.6 cm³/mol. The molecule has 0 aliphatic heterocycles. The van der Waals surface area contributed by atoms with Crippen molar-refractivity contribution < 1.29 is 14.6 Å². The van der Waals surface area contributed by atoms with Crippen LogP contribution in [0.3, 0.4) is 0 Å². The maximum atomic E-state index is 11.1. The summed E-state index contributed by atoms with van der Waals surface area (Å²) in [5, 5.41) is 11.9. The number of ether oxygens (including phenoxy) is 1. The normalized spacial score (nSPS) is 10.1. The topological polar surface area (TPSA) is 58.6 Å². The highest BCUT2D eigenvalue weighted by molar-refractivity contribution is 6.37. The maximum absolute atomic E-state index is 11.1. The number of hydrogen-bond donors (Lipinski definition) is 2. The third-order valence-electron chi connectivity index (χ3n) is 1.58. The van der Waals surface area contributed by atoms with E-state index in [2.05, 4.69) is 10.1 Å². The largest absolute Gasteiger partial charge is 0.505 e. The minimum Gasteiger partial charge on any atom is -0.505 e. The Kier molecular flexibility index (Phi) is 4.20. The monoisotopic (exact) mass is 249 g/mol. The molecule has 0 spiro atoms. The molecule has 15 heavy (non-hydrogen) atoms. The fraction of sp³-hybridized carbons (Fsp3) is 0.222. The van der Waals surface area contributed by atoms with Crippen LogP contribution in [-0.2, 0) is 9.53 Å². The first-order valence-electron chi connectivity index (χ1n) is 4.01. The van der Waals surface area contributed by atoms with E-state index in [1.807, 2.05) is 0 Å². The molecule has 1 rings (SSSR count). The average molecular weight is 250 g/mol. The third kappa shape index (κ3) is 3.27. The van der Waals surface area contributed by atoms with Gasteiger partial charge in [0.2, 0.25) is 5.91 Å². The van der Waals surface area contributed by atoms with Crippen LogP contribution in [0.5, 0.6) is 5.75 Å². The van der Waals surface area contributed by atoms with Crippen molar-refractivity contribution in [2.24, 2.45) is 0 Å².